The Bertz CT molecular complexity index is 783. The number of nitrogens with zero attached hydrogens (tertiary/aromatic N) is 1. The summed E-state index contributed by atoms with van der Waals surface area (Å²) in [7, 11) is 1.54. The van der Waals surface area contributed by atoms with Gasteiger partial charge in [-0.25, -0.2) is 5.43 Å². The van der Waals surface area contributed by atoms with E-state index >= 15 is 0 Å². The second-order valence-electron chi connectivity index (χ2n) is 6.09. The van der Waals surface area contributed by atoms with Crippen molar-refractivity contribution in [3.63, 3.8) is 0 Å². The Morgan fingerprint density at radius 1 is 1.12 bits per heavy atom. The standard InChI is InChI=1S/C20H24N2O3/c1-13(2)25-18-9-8-16(11-19(18)24-5)20(23)22-21-12-17-7-6-14(3)10-15(17)4/h6-13H,1-5H3,(H,22,23)/b21-12+. The van der Waals surface area contributed by atoms with Crippen LogP contribution in [0, 0.1) is 13.8 Å². The Morgan fingerprint density at radius 3 is 2.52 bits per heavy atom. The smallest absolute Gasteiger partial charge is 0.271 e. The Balaban J connectivity index is 2.08. The first-order valence-electron chi connectivity index (χ1n) is 8.16. The van der Waals surface area contributed by atoms with Gasteiger partial charge in [-0.2, -0.15) is 5.10 Å². The highest BCUT2D eigenvalue weighted by Gasteiger charge is 2.11. The normalized spacial score (nSPS) is 11.0. The molecule has 2 rings (SSSR count). The molecule has 0 aliphatic carbocycles. The molecule has 5 heteroatoms. The third-order valence-corrected chi connectivity index (χ3v) is 3.58. The molecule has 0 unspecified atom stereocenters. The Labute approximate surface area is 148 Å². The molecule has 2 aromatic rings. The molecule has 0 saturated heterocycles. The number of aryl methyl sites for hydroxylation is 2. The van der Waals surface area contributed by atoms with Gasteiger partial charge in [0.05, 0.1) is 19.4 Å². The average molecular weight is 340 g/mol. The topological polar surface area (TPSA) is 59.9 Å². The Morgan fingerprint density at radius 2 is 1.88 bits per heavy atom. The first kappa shape index (κ1) is 18.5. The van der Waals surface area contributed by atoms with Crippen LogP contribution in [0.4, 0.5) is 0 Å². The van der Waals surface area contributed by atoms with Crippen LogP contribution in [0.1, 0.15) is 40.9 Å². The zero-order valence-electron chi connectivity index (χ0n) is 15.3. The van der Waals surface area contributed by atoms with Crippen molar-refractivity contribution < 1.29 is 14.3 Å². The van der Waals surface area contributed by atoms with E-state index in [1.54, 1.807) is 31.5 Å². The van der Waals surface area contributed by atoms with E-state index < -0.39 is 0 Å². The largest absolute Gasteiger partial charge is 0.493 e. The molecule has 0 spiro atoms. The molecule has 0 fully saturated rings. The summed E-state index contributed by atoms with van der Waals surface area (Å²) in [6, 6.07) is 11.1. The number of ether oxygens (including phenoxy) is 2. The maximum atomic E-state index is 12.3. The van der Waals surface area contributed by atoms with Crippen LogP contribution in [0.2, 0.25) is 0 Å². The number of carbonyl (C=O) groups is 1. The van der Waals surface area contributed by atoms with E-state index in [1.807, 2.05) is 39.8 Å². The van der Waals surface area contributed by atoms with Crippen LogP contribution >= 0.6 is 0 Å². The van der Waals surface area contributed by atoms with Gasteiger partial charge in [-0.15, -0.1) is 0 Å². The average Bonchev–Trinajstić information content (AvgIpc) is 2.56. The second kappa shape index (κ2) is 8.33. The summed E-state index contributed by atoms with van der Waals surface area (Å²) in [6.07, 6.45) is 1.66. The summed E-state index contributed by atoms with van der Waals surface area (Å²) in [4.78, 5) is 12.3. The monoisotopic (exact) mass is 340 g/mol. The molecule has 0 heterocycles. The van der Waals surface area contributed by atoms with Crippen molar-refractivity contribution in [1.29, 1.82) is 0 Å². The minimum Gasteiger partial charge on any atom is -0.493 e. The van der Waals surface area contributed by atoms with Gasteiger partial charge in [0.1, 0.15) is 0 Å². The first-order chi connectivity index (χ1) is 11.9. The van der Waals surface area contributed by atoms with E-state index in [0.717, 1.165) is 11.1 Å². The van der Waals surface area contributed by atoms with Crippen LogP contribution in [0.15, 0.2) is 41.5 Å². The number of rotatable bonds is 6. The van der Waals surface area contributed by atoms with E-state index in [0.29, 0.717) is 17.1 Å². The van der Waals surface area contributed by atoms with Gasteiger partial charge in [0.25, 0.3) is 5.91 Å². The molecule has 0 aliphatic rings. The Hall–Kier alpha value is -2.82. The number of amides is 1. The van der Waals surface area contributed by atoms with Gasteiger partial charge in [-0.05, 0) is 57.0 Å². The van der Waals surface area contributed by atoms with Gasteiger partial charge in [0.2, 0.25) is 0 Å². The van der Waals surface area contributed by atoms with Crippen molar-refractivity contribution in [2.45, 2.75) is 33.8 Å². The number of hydrogen-bond donors (Lipinski definition) is 1. The molecule has 0 aromatic heterocycles. The molecule has 1 N–H and O–H groups in total. The van der Waals surface area contributed by atoms with Crippen molar-refractivity contribution in [3.8, 4) is 11.5 Å². The highest BCUT2D eigenvalue weighted by Crippen LogP contribution is 2.28. The molecule has 5 nitrogen and oxygen atoms in total. The molecule has 0 saturated carbocycles. The molecule has 0 aliphatic heterocycles. The Kier molecular flexibility index (Phi) is 6.17. The van der Waals surface area contributed by atoms with Gasteiger partial charge in [-0.1, -0.05) is 23.8 Å². The van der Waals surface area contributed by atoms with Gasteiger partial charge in [-0.3, -0.25) is 4.79 Å². The van der Waals surface area contributed by atoms with Crippen molar-refractivity contribution in [2.75, 3.05) is 7.11 Å². The van der Waals surface area contributed by atoms with E-state index in [1.165, 1.54) is 5.56 Å². The number of methoxy groups -OCH3 is 1. The van der Waals surface area contributed by atoms with Gasteiger partial charge in [0, 0.05) is 5.56 Å². The van der Waals surface area contributed by atoms with Crippen LogP contribution in [0.25, 0.3) is 0 Å². The van der Waals surface area contributed by atoms with Crippen LogP contribution < -0.4 is 14.9 Å². The molecule has 132 valence electrons. The third kappa shape index (κ3) is 5.08. The van der Waals surface area contributed by atoms with Crippen LogP contribution in [0.3, 0.4) is 0 Å². The molecule has 1 amide bonds. The van der Waals surface area contributed by atoms with Crippen molar-refractivity contribution in [1.82, 2.24) is 5.43 Å². The zero-order chi connectivity index (χ0) is 18.4. The van der Waals surface area contributed by atoms with E-state index in [9.17, 15) is 4.79 Å². The maximum Gasteiger partial charge on any atom is 0.271 e. The quantitative estimate of drug-likeness (QED) is 0.641. The molecule has 0 bridgehead atoms. The van der Waals surface area contributed by atoms with Gasteiger partial charge in [0.15, 0.2) is 11.5 Å². The van der Waals surface area contributed by atoms with Crippen LogP contribution in [-0.4, -0.2) is 25.3 Å². The van der Waals surface area contributed by atoms with E-state index in [2.05, 4.69) is 16.6 Å². The van der Waals surface area contributed by atoms with Crippen LogP contribution in [-0.2, 0) is 0 Å². The fourth-order valence-corrected chi connectivity index (χ4v) is 2.36. The number of hydrogen-bond acceptors (Lipinski definition) is 4. The molecule has 0 radical (unpaired) electrons. The molecule has 0 atom stereocenters. The minimum atomic E-state index is -0.310. The lowest BCUT2D eigenvalue weighted by atomic mass is 10.1. The molecule has 2 aromatic carbocycles. The fourth-order valence-electron chi connectivity index (χ4n) is 2.36. The predicted molar refractivity (Wildman–Crippen MR) is 99.7 cm³/mol. The number of carbonyl (C=O) groups excluding carboxylic acids is 1. The zero-order valence-corrected chi connectivity index (χ0v) is 15.3. The van der Waals surface area contributed by atoms with E-state index in [-0.39, 0.29) is 12.0 Å². The summed E-state index contributed by atoms with van der Waals surface area (Å²) in [5.41, 5.74) is 6.24. The first-order valence-corrected chi connectivity index (χ1v) is 8.16. The summed E-state index contributed by atoms with van der Waals surface area (Å²) in [5, 5.41) is 4.04. The van der Waals surface area contributed by atoms with Crippen molar-refractivity contribution in [2.24, 2.45) is 5.10 Å². The highest BCUT2D eigenvalue weighted by atomic mass is 16.5. The van der Waals surface area contributed by atoms with E-state index in [4.69, 9.17) is 9.47 Å². The maximum absolute atomic E-state index is 12.3. The lowest BCUT2D eigenvalue weighted by molar-refractivity contribution is 0.0954. The third-order valence-electron chi connectivity index (χ3n) is 3.58. The molecular weight excluding hydrogens is 316 g/mol. The SMILES string of the molecule is COc1cc(C(=O)N/N=C/c2ccc(C)cc2C)ccc1OC(C)C. The summed E-state index contributed by atoms with van der Waals surface area (Å²) in [6.45, 7) is 7.91. The summed E-state index contributed by atoms with van der Waals surface area (Å²) in [5.74, 6) is 0.808. The minimum absolute atomic E-state index is 0.0240. The van der Waals surface area contributed by atoms with Gasteiger partial charge < -0.3 is 9.47 Å². The van der Waals surface area contributed by atoms with Gasteiger partial charge >= 0.3 is 0 Å². The lowest BCUT2D eigenvalue weighted by Gasteiger charge is -2.14. The fraction of sp³-hybridized carbons (Fsp3) is 0.300. The predicted octanol–water partition coefficient (Wildman–Crippen LogP) is 3.86. The van der Waals surface area contributed by atoms with Crippen molar-refractivity contribution in [3.05, 3.63) is 58.7 Å². The second-order valence-corrected chi connectivity index (χ2v) is 6.09. The lowest BCUT2D eigenvalue weighted by Crippen LogP contribution is -2.18. The summed E-state index contributed by atoms with van der Waals surface area (Å²) >= 11 is 0. The summed E-state index contributed by atoms with van der Waals surface area (Å²) < 4.78 is 10.9. The molecule has 25 heavy (non-hydrogen) atoms. The number of benzene rings is 2. The van der Waals surface area contributed by atoms with Crippen LogP contribution in [0.5, 0.6) is 11.5 Å². The van der Waals surface area contributed by atoms with Crippen molar-refractivity contribution >= 4 is 12.1 Å². The highest BCUT2D eigenvalue weighted by molar-refractivity contribution is 5.95. The molecular formula is C20H24N2O3. The number of hydrazone groups is 1. The number of nitrogens with one attached hydrogen (secondary N) is 1.